The number of aromatic nitrogens is 5. The average molecular weight is 416 g/mol. The third-order valence-corrected chi connectivity index (χ3v) is 4.31. The number of carbonyl (C=O) groups is 1. The number of carboxylic acids is 1. The Morgan fingerprint density at radius 1 is 1.41 bits per heavy atom. The van der Waals surface area contributed by atoms with Crippen LogP contribution in [0.25, 0.3) is 5.78 Å². The van der Waals surface area contributed by atoms with Crippen molar-refractivity contribution in [3.05, 3.63) is 27.5 Å². The molecule has 2 N–H and O–H groups in total. The van der Waals surface area contributed by atoms with E-state index in [1.807, 2.05) is 34.6 Å². The first-order valence-electron chi connectivity index (χ1n) is 8.36. The first-order chi connectivity index (χ1) is 12.6. The normalized spacial score (nSPS) is 11.0. The Balaban J connectivity index is 0.00000176. The van der Waals surface area contributed by atoms with Crippen LogP contribution >= 0.6 is 24.0 Å². The van der Waals surface area contributed by atoms with Gasteiger partial charge in [-0.1, -0.05) is 53.0 Å². The molecule has 150 valence electrons. The lowest BCUT2D eigenvalue weighted by molar-refractivity contribution is -0.136. The van der Waals surface area contributed by atoms with Gasteiger partial charge < -0.3 is 9.84 Å². The van der Waals surface area contributed by atoms with Gasteiger partial charge >= 0.3 is 11.5 Å². The fraction of sp³-hybridized carbons (Fsp3) is 0.562. The van der Waals surface area contributed by atoms with E-state index in [2.05, 4.69) is 21.8 Å². The molecule has 2 aromatic heterocycles. The highest BCUT2D eigenvalue weighted by Gasteiger charge is 2.18. The highest BCUT2D eigenvalue weighted by atomic mass is 32.2. The predicted molar refractivity (Wildman–Crippen MR) is 106 cm³/mol. The maximum Gasteiger partial charge on any atom is 0.306 e. The molecule has 0 aromatic carbocycles. The van der Waals surface area contributed by atoms with E-state index in [0.29, 0.717) is 5.76 Å². The second-order valence-corrected chi connectivity index (χ2v) is 7.68. The Morgan fingerprint density at radius 2 is 2.04 bits per heavy atom. The van der Waals surface area contributed by atoms with Gasteiger partial charge in [0.2, 0.25) is 4.77 Å². The summed E-state index contributed by atoms with van der Waals surface area (Å²) in [7, 11) is 0. The second-order valence-electron chi connectivity index (χ2n) is 6.21. The highest BCUT2D eigenvalue weighted by Crippen LogP contribution is 2.24. The van der Waals surface area contributed by atoms with Gasteiger partial charge in [0.15, 0.2) is 11.8 Å². The average Bonchev–Trinajstić information content (AvgIpc) is 2.98. The molecular weight excluding hydrogens is 390 g/mol. The summed E-state index contributed by atoms with van der Waals surface area (Å²) < 4.78 is 8.33. The van der Waals surface area contributed by atoms with Crippen molar-refractivity contribution in [2.75, 3.05) is 5.75 Å². The second kappa shape index (κ2) is 9.70. The van der Waals surface area contributed by atoms with Crippen molar-refractivity contribution in [2.45, 2.75) is 52.8 Å². The third kappa shape index (κ3) is 6.21. The Kier molecular flexibility index (Phi) is 8.22. The van der Waals surface area contributed by atoms with Gasteiger partial charge in [0, 0.05) is 11.2 Å². The van der Waals surface area contributed by atoms with Gasteiger partial charge in [-0.2, -0.15) is 19.3 Å². The van der Waals surface area contributed by atoms with Crippen molar-refractivity contribution in [2.24, 2.45) is 5.41 Å². The minimum atomic E-state index is -0.944. The number of rotatable bonds is 7. The number of fused-ring (bicyclic) bond motifs is 1. The lowest BCUT2D eigenvalue weighted by atomic mass is 9.95. The van der Waals surface area contributed by atoms with Gasteiger partial charge in [-0.05, 0) is 12.2 Å². The van der Waals surface area contributed by atoms with Crippen LogP contribution in [-0.4, -0.2) is 41.2 Å². The molecule has 0 atom stereocenters. The van der Waals surface area contributed by atoms with E-state index >= 15 is 0 Å². The van der Waals surface area contributed by atoms with E-state index < -0.39 is 11.5 Å². The number of H-pyrrole nitrogens is 1. The molecule has 0 aliphatic carbocycles. The number of aliphatic carboxylic acids is 1. The van der Waals surface area contributed by atoms with Crippen LogP contribution in [0.1, 0.15) is 41.0 Å². The van der Waals surface area contributed by atoms with Gasteiger partial charge in [0.1, 0.15) is 0 Å². The molecular formula is C16H25N5O4S2. The van der Waals surface area contributed by atoms with E-state index in [-0.39, 0.29) is 39.9 Å². The Labute approximate surface area is 166 Å². The zero-order valence-electron chi connectivity index (χ0n) is 16.1. The SMILES string of the molecule is C=C(OCn1nc(SCCC(=O)O)c(=O)n2[nH]c(=S)nc12)C(C)(C)C.CC. The van der Waals surface area contributed by atoms with E-state index in [9.17, 15) is 9.59 Å². The number of nitrogens with one attached hydrogen (secondary N) is 1. The standard InChI is InChI=1S/C14H19N5O4S2.C2H6/c1-8(14(2,3)4)23-7-18-13-15-12(24)17-19(13)11(22)10(16-18)25-6-5-9(20)21;1-2/h1,5-7H2,2-4H3,(H,17,24)(H,20,21);1-2H3. The first kappa shape index (κ1) is 22.9. The minimum Gasteiger partial charge on any atom is -0.481 e. The maximum atomic E-state index is 12.4. The number of allylic oxidation sites excluding steroid dienone is 1. The molecule has 2 rings (SSSR count). The van der Waals surface area contributed by atoms with Gasteiger partial charge in [-0.3, -0.25) is 14.7 Å². The molecule has 0 saturated carbocycles. The van der Waals surface area contributed by atoms with Crippen LogP contribution in [0, 0.1) is 10.2 Å². The molecule has 0 fully saturated rings. The monoisotopic (exact) mass is 415 g/mol. The van der Waals surface area contributed by atoms with Gasteiger partial charge in [0.25, 0.3) is 5.78 Å². The molecule has 0 bridgehead atoms. The smallest absolute Gasteiger partial charge is 0.306 e. The van der Waals surface area contributed by atoms with Crippen molar-refractivity contribution in [3.8, 4) is 0 Å². The van der Waals surface area contributed by atoms with Crippen LogP contribution in [0.15, 0.2) is 22.2 Å². The fourth-order valence-corrected chi connectivity index (χ4v) is 2.70. The van der Waals surface area contributed by atoms with Crippen LogP contribution in [0.3, 0.4) is 0 Å². The number of ether oxygens (including phenoxy) is 1. The molecule has 0 aliphatic rings. The lowest BCUT2D eigenvalue weighted by Crippen LogP contribution is -2.25. The first-order valence-corrected chi connectivity index (χ1v) is 9.75. The molecule has 0 aliphatic heterocycles. The number of aromatic amines is 1. The molecule has 0 radical (unpaired) electrons. The number of hydrogen-bond acceptors (Lipinski definition) is 7. The molecule has 2 aromatic rings. The summed E-state index contributed by atoms with van der Waals surface area (Å²) in [6.45, 7) is 13.8. The Morgan fingerprint density at radius 3 is 2.59 bits per heavy atom. The van der Waals surface area contributed by atoms with Crippen LogP contribution in [0.2, 0.25) is 0 Å². The molecule has 0 saturated heterocycles. The minimum absolute atomic E-state index is 0.00794. The topological polar surface area (TPSA) is 115 Å². The molecule has 27 heavy (non-hydrogen) atoms. The van der Waals surface area contributed by atoms with Gasteiger partial charge in [-0.25, -0.2) is 0 Å². The summed E-state index contributed by atoms with van der Waals surface area (Å²) in [5, 5.41) is 15.7. The van der Waals surface area contributed by atoms with Crippen LogP contribution in [0.4, 0.5) is 0 Å². The fourth-order valence-electron chi connectivity index (χ4n) is 1.69. The summed E-state index contributed by atoms with van der Waals surface area (Å²) >= 11 is 6.03. The van der Waals surface area contributed by atoms with Gasteiger partial charge in [-0.15, -0.1) is 0 Å². The zero-order chi connectivity index (χ0) is 20.8. The van der Waals surface area contributed by atoms with Crippen molar-refractivity contribution in [3.63, 3.8) is 0 Å². The molecule has 0 unspecified atom stereocenters. The van der Waals surface area contributed by atoms with Crippen LogP contribution in [-0.2, 0) is 16.3 Å². The molecule has 11 heteroatoms. The number of hydrogen-bond donors (Lipinski definition) is 2. The number of thioether (sulfide) groups is 1. The quantitative estimate of drug-likeness (QED) is 0.403. The van der Waals surface area contributed by atoms with E-state index in [1.165, 1.54) is 9.20 Å². The molecule has 0 spiro atoms. The van der Waals surface area contributed by atoms with Crippen molar-refractivity contribution >= 4 is 35.7 Å². The van der Waals surface area contributed by atoms with E-state index in [1.54, 1.807) is 0 Å². The van der Waals surface area contributed by atoms with E-state index in [0.717, 1.165) is 11.8 Å². The lowest BCUT2D eigenvalue weighted by Gasteiger charge is -2.22. The van der Waals surface area contributed by atoms with Crippen molar-refractivity contribution < 1.29 is 14.6 Å². The molecule has 2 heterocycles. The van der Waals surface area contributed by atoms with Crippen molar-refractivity contribution in [1.82, 2.24) is 24.4 Å². The third-order valence-electron chi connectivity index (χ3n) is 3.19. The predicted octanol–water partition coefficient (Wildman–Crippen LogP) is 3.08. The number of nitrogens with zero attached hydrogens (tertiary/aromatic N) is 4. The highest BCUT2D eigenvalue weighted by molar-refractivity contribution is 7.99. The Bertz CT molecular complexity index is 924. The van der Waals surface area contributed by atoms with Crippen molar-refractivity contribution in [1.29, 1.82) is 0 Å². The summed E-state index contributed by atoms with van der Waals surface area (Å²) in [6, 6.07) is 0. The molecule has 0 amide bonds. The van der Waals surface area contributed by atoms with Gasteiger partial charge in [0.05, 0.1) is 12.2 Å². The van der Waals surface area contributed by atoms with Crippen LogP contribution < -0.4 is 5.56 Å². The summed E-state index contributed by atoms with van der Waals surface area (Å²) in [4.78, 5) is 27.1. The summed E-state index contributed by atoms with van der Waals surface area (Å²) in [6.07, 6.45) is -0.0823. The number of carboxylic acid groups (broad SMARTS) is 1. The van der Waals surface area contributed by atoms with Crippen LogP contribution in [0.5, 0.6) is 0 Å². The summed E-state index contributed by atoms with van der Waals surface area (Å²) in [5.74, 6) is 0.0362. The van der Waals surface area contributed by atoms with E-state index in [4.69, 9.17) is 22.1 Å². The zero-order valence-corrected chi connectivity index (χ0v) is 17.7. The Hall–Kier alpha value is -2.14. The summed E-state index contributed by atoms with van der Waals surface area (Å²) in [5.41, 5.74) is -0.695. The molecule has 9 nitrogen and oxygen atoms in total. The maximum absolute atomic E-state index is 12.4. The largest absolute Gasteiger partial charge is 0.481 e.